The number of aromatic nitrogens is 2. The third-order valence-electron chi connectivity index (χ3n) is 3.38. The highest BCUT2D eigenvalue weighted by atomic mass is 16.2. The van der Waals surface area contributed by atoms with Crippen LogP contribution in [0.2, 0.25) is 0 Å². The van der Waals surface area contributed by atoms with Crippen LogP contribution in [0.1, 0.15) is 5.69 Å². The SMILES string of the molecule is Cc1[nH]n(NC(=O)Nc2ccccc2)c(=O)c1-c1ccccc1. The number of para-hydroxylation sites is 1. The van der Waals surface area contributed by atoms with Gasteiger partial charge in [0.25, 0.3) is 5.56 Å². The fraction of sp³-hybridized carbons (Fsp3) is 0.0588. The molecule has 3 aromatic rings. The van der Waals surface area contributed by atoms with E-state index < -0.39 is 6.03 Å². The molecule has 3 N–H and O–H groups in total. The lowest BCUT2D eigenvalue weighted by atomic mass is 10.1. The van der Waals surface area contributed by atoms with Crippen LogP contribution in [0.25, 0.3) is 11.1 Å². The molecule has 0 fully saturated rings. The van der Waals surface area contributed by atoms with Gasteiger partial charge in [0.1, 0.15) is 0 Å². The Morgan fingerprint density at radius 1 is 1.00 bits per heavy atom. The monoisotopic (exact) mass is 308 g/mol. The maximum absolute atomic E-state index is 12.5. The summed E-state index contributed by atoms with van der Waals surface area (Å²) in [6.07, 6.45) is 0. The van der Waals surface area contributed by atoms with E-state index >= 15 is 0 Å². The predicted octanol–water partition coefficient (Wildman–Crippen LogP) is 2.93. The van der Waals surface area contributed by atoms with Gasteiger partial charge >= 0.3 is 6.03 Å². The van der Waals surface area contributed by atoms with Gasteiger partial charge in [0.2, 0.25) is 0 Å². The minimum atomic E-state index is -0.501. The van der Waals surface area contributed by atoms with Crippen LogP contribution in [-0.2, 0) is 0 Å². The standard InChI is InChI=1S/C17H16N4O2/c1-12-15(13-8-4-2-5-9-13)16(22)21(19-12)20-17(23)18-14-10-6-3-7-11-14/h2-11,19H,1H3,(H2,18,20,23). The summed E-state index contributed by atoms with van der Waals surface area (Å²) in [6, 6.07) is 17.8. The van der Waals surface area contributed by atoms with E-state index in [9.17, 15) is 9.59 Å². The zero-order valence-electron chi connectivity index (χ0n) is 12.5. The van der Waals surface area contributed by atoms with Gasteiger partial charge in [-0.1, -0.05) is 48.5 Å². The first-order chi connectivity index (χ1) is 11.1. The number of nitrogens with one attached hydrogen (secondary N) is 3. The van der Waals surface area contributed by atoms with Crippen LogP contribution >= 0.6 is 0 Å². The number of carbonyl (C=O) groups excluding carboxylic acids is 1. The average molecular weight is 308 g/mol. The Morgan fingerprint density at radius 3 is 2.26 bits per heavy atom. The summed E-state index contributed by atoms with van der Waals surface area (Å²) in [6.45, 7) is 1.79. The molecule has 0 aliphatic carbocycles. The van der Waals surface area contributed by atoms with Gasteiger partial charge in [0, 0.05) is 11.4 Å². The Balaban J connectivity index is 1.82. The number of carbonyl (C=O) groups is 1. The molecule has 0 bridgehead atoms. The molecular weight excluding hydrogens is 292 g/mol. The summed E-state index contributed by atoms with van der Waals surface area (Å²) in [7, 11) is 0. The van der Waals surface area contributed by atoms with E-state index in [2.05, 4.69) is 15.8 Å². The number of H-pyrrole nitrogens is 1. The van der Waals surface area contributed by atoms with Crippen molar-refractivity contribution in [3.63, 3.8) is 0 Å². The zero-order valence-corrected chi connectivity index (χ0v) is 12.5. The summed E-state index contributed by atoms with van der Waals surface area (Å²) in [5.41, 5.74) is 4.84. The van der Waals surface area contributed by atoms with Crippen molar-refractivity contribution < 1.29 is 4.79 Å². The molecule has 0 radical (unpaired) electrons. The number of hydrogen-bond donors (Lipinski definition) is 3. The number of anilines is 1. The fourth-order valence-corrected chi connectivity index (χ4v) is 2.35. The minimum Gasteiger partial charge on any atom is -0.307 e. The first-order valence-electron chi connectivity index (χ1n) is 7.15. The summed E-state index contributed by atoms with van der Waals surface area (Å²) >= 11 is 0. The van der Waals surface area contributed by atoms with Crippen LogP contribution in [0.15, 0.2) is 65.5 Å². The highest BCUT2D eigenvalue weighted by Gasteiger charge is 2.14. The van der Waals surface area contributed by atoms with Crippen LogP contribution in [-0.4, -0.2) is 15.9 Å². The van der Waals surface area contributed by atoms with Gasteiger partial charge in [-0.05, 0) is 24.6 Å². The largest absolute Gasteiger partial charge is 0.339 e. The molecule has 2 aromatic carbocycles. The third kappa shape index (κ3) is 3.16. The number of nitrogens with zero attached hydrogens (tertiary/aromatic N) is 1. The van der Waals surface area contributed by atoms with Crippen molar-refractivity contribution in [2.24, 2.45) is 0 Å². The molecule has 0 unspecified atom stereocenters. The maximum atomic E-state index is 12.5. The number of aromatic amines is 1. The topological polar surface area (TPSA) is 78.9 Å². The molecule has 2 amide bonds. The van der Waals surface area contributed by atoms with Gasteiger partial charge in [0.15, 0.2) is 0 Å². The highest BCUT2D eigenvalue weighted by Crippen LogP contribution is 2.17. The molecule has 0 aliphatic rings. The molecule has 0 saturated heterocycles. The maximum Gasteiger partial charge on any atom is 0.339 e. The summed E-state index contributed by atoms with van der Waals surface area (Å²) < 4.78 is 0. The van der Waals surface area contributed by atoms with E-state index in [1.807, 2.05) is 48.5 Å². The zero-order chi connectivity index (χ0) is 16.2. The molecule has 23 heavy (non-hydrogen) atoms. The molecule has 6 heteroatoms. The Kier molecular flexibility index (Phi) is 3.97. The second-order valence-corrected chi connectivity index (χ2v) is 5.05. The molecule has 1 heterocycles. The Labute approximate surface area is 132 Å². The molecule has 0 saturated carbocycles. The average Bonchev–Trinajstić information content (AvgIpc) is 2.83. The quantitative estimate of drug-likeness (QED) is 0.695. The van der Waals surface area contributed by atoms with Crippen LogP contribution in [0.5, 0.6) is 0 Å². The summed E-state index contributed by atoms with van der Waals surface area (Å²) in [4.78, 5) is 25.5. The first-order valence-corrected chi connectivity index (χ1v) is 7.15. The number of benzene rings is 2. The smallest absolute Gasteiger partial charge is 0.307 e. The highest BCUT2D eigenvalue weighted by molar-refractivity contribution is 5.94. The van der Waals surface area contributed by atoms with E-state index in [1.54, 1.807) is 19.1 Å². The van der Waals surface area contributed by atoms with E-state index in [4.69, 9.17) is 0 Å². The number of urea groups is 1. The van der Waals surface area contributed by atoms with E-state index in [0.29, 0.717) is 16.9 Å². The minimum absolute atomic E-state index is 0.308. The van der Waals surface area contributed by atoms with E-state index in [-0.39, 0.29) is 5.56 Å². The molecule has 0 spiro atoms. The second-order valence-electron chi connectivity index (χ2n) is 5.05. The van der Waals surface area contributed by atoms with Crippen molar-refractivity contribution in [3.05, 3.63) is 76.7 Å². The van der Waals surface area contributed by atoms with E-state index in [1.165, 1.54) is 0 Å². The Morgan fingerprint density at radius 2 is 1.61 bits per heavy atom. The lowest BCUT2D eigenvalue weighted by molar-refractivity contribution is 0.259. The normalized spacial score (nSPS) is 10.3. The lowest BCUT2D eigenvalue weighted by Crippen LogP contribution is -2.35. The van der Waals surface area contributed by atoms with Gasteiger partial charge in [-0.2, -0.15) is 4.79 Å². The van der Waals surface area contributed by atoms with Crippen molar-refractivity contribution in [1.29, 1.82) is 0 Å². The van der Waals surface area contributed by atoms with Gasteiger partial charge < -0.3 is 5.32 Å². The van der Waals surface area contributed by atoms with E-state index in [0.717, 1.165) is 10.4 Å². The van der Waals surface area contributed by atoms with Crippen molar-refractivity contribution >= 4 is 11.7 Å². The Bertz CT molecular complexity index is 867. The third-order valence-corrected chi connectivity index (χ3v) is 3.38. The number of hydrogen-bond acceptors (Lipinski definition) is 2. The fourth-order valence-electron chi connectivity index (χ4n) is 2.35. The number of amides is 2. The van der Waals surface area contributed by atoms with Gasteiger partial charge in [0.05, 0.1) is 5.56 Å². The van der Waals surface area contributed by atoms with Crippen LogP contribution in [0.3, 0.4) is 0 Å². The number of aryl methyl sites for hydroxylation is 1. The number of rotatable bonds is 3. The van der Waals surface area contributed by atoms with Crippen LogP contribution in [0.4, 0.5) is 10.5 Å². The molecule has 0 aliphatic heterocycles. The molecule has 3 rings (SSSR count). The van der Waals surface area contributed by atoms with Crippen molar-refractivity contribution in [1.82, 2.24) is 9.89 Å². The predicted molar refractivity (Wildman–Crippen MR) is 90.0 cm³/mol. The van der Waals surface area contributed by atoms with Gasteiger partial charge in [-0.25, -0.2) is 10.2 Å². The van der Waals surface area contributed by atoms with Crippen molar-refractivity contribution in [3.8, 4) is 11.1 Å². The molecule has 0 atom stereocenters. The van der Waals surface area contributed by atoms with Crippen LogP contribution < -0.4 is 16.3 Å². The summed E-state index contributed by atoms with van der Waals surface area (Å²) in [5.74, 6) is 0. The van der Waals surface area contributed by atoms with Gasteiger partial charge in [-0.3, -0.25) is 9.89 Å². The van der Waals surface area contributed by atoms with Crippen molar-refractivity contribution in [2.75, 3.05) is 10.7 Å². The van der Waals surface area contributed by atoms with Gasteiger partial charge in [-0.15, -0.1) is 0 Å². The molecule has 1 aromatic heterocycles. The Hall–Kier alpha value is -3.28. The first kappa shape index (κ1) is 14.6. The molecule has 116 valence electrons. The van der Waals surface area contributed by atoms with Crippen molar-refractivity contribution in [2.45, 2.75) is 6.92 Å². The molecule has 6 nitrogen and oxygen atoms in total. The summed E-state index contributed by atoms with van der Waals surface area (Å²) in [5, 5.41) is 5.52. The second kappa shape index (κ2) is 6.23. The van der Waals surface area contributed by atoms with Crippen LogP contribution in [0, 0.1) is 6.92 Å². The molecular formula is C17H16N4O2. The lowest BCUT2D eigenvalue weighted by Gasteiger charge is -2.06.